The third-order valence-electron chi connectivity index (χ3n) is 7.72. The number of hydrogen-bond acceptors (Lipinski definition) is 7. The largest absolute Gasteiger partial charge is 0.508 e. The molecule has 1 aliphatic carbocycles. The van der Waals surface area contributed by atoms with Gasteiger partial charge in [-0.05, 0) is 68.1 Å². The molecule has 0 saturated heterocycles. The molecule has 3 N–H and O–H groups in total. The summed E-state index contributed by atoms with van der Waals surface area (Å²) in [6.45, 7) is 0.505. The van der Waals surface area contributed by atoms with Gasteiger partial charge in [-0.1, -0.05) is 0 Å². The summed E-state index contributed by atoms with van der Waals surface area (Å²) in [6, 6.07) is 12.4. The van der Waals surface area contributed by atoms with Gasteiger partial charge in [0.1, 0.15) is 28.7 Å². The number of ether oxygens (including phenoxy) is 4. The quantitative estimate of drug-likeness (QED) is 0.502. The molecule has 2 aliphatic heterocycles. The average molecular weight is 479 g/mol. The number of aliphatic hydroxyl groups excluding tert-OH is 2. The highest BCUT2D eigenvalue weighted by Crippen LogP contribution is 2.50. The van der Waals surface area contributed by atoms with E-state index < -0.39 is 12.2 Å². The lowest BCUT2D eigenvalue weighted by Crippen LogP contribution is -2.40. The second-order valence-electron chi connectivity index (χ2n) is 9.79. The van der Waals surface area contributed by atoms with E-state index in [-0.39, 0.29) is 36.9 Å². The molecular weight excluding hydrogens is 448 g/mol. The lowest BCUT2D eigenvalue weighted by molar-refractivity contribution is -0.0548. The molecule has 2 heterocycles. The Balaban J connectivity index is 1.30. The third kappa shape index (κ3) is 3.83. The van der Waals surface area contributed by atoms with Crippen LogP contribution in [-0.4, -0.2) is 41.7 Å². The van der Waals surface area contributed by atoms with Gasteiger partial charge in [-0.15, -0.1) is 0 Å². The number of phenolic OH excluding ortho intramolecular Hbond substituents is 1. The molecule has 3 aliphatic rings. The van der Waals surface area contributed by atoms with Crippen molar-refractivity contribution >= 4 is 10.8 Å². The average Bonchev–Trinajstić information content (AvgIpc) is 3.38. The Kier molecular flexibility index (Phi) is 5.61. The van der Waals surface area contributed by atoms with E-state index in [1.165, 1.54) is 12.8 Å². The Labute approximate surface area is 203 Å². The van der Waals surface area contributed by atoms with Crippen LogP contribution in [-0.2, 0) is 0 Å². The number of rotatable bonds is 4. The topological polar surface area (TPSA) is 97.6 Å². The summed E-state index contributed by atoms with van der Waals surface area (Å²) < 4.78 is 23.9. The summed E-state index contributed by atoms with van der Waals surface area (Å²) >= 11 is 0. The highest BCUT2D eigenvalue weighted by molar-refractivity contribution is 5.95. The minimum absolute atomic E-state index is 0.127. The van der Waals surface area contributed by atoms with Gasteiger partial charge in [0.2, 0.25) is 0 Å². The Morgan fingerprint density at radius 3 is 2.34 bits per heavy atom. The van der Waals surface area contributed by atoms with E-state index in [4.69, 9.17) is 18.9 Å². The van der Waals surface area contributed by atoms with Crippen LogP contribution in [0.25, 0.3) is 10.8 Å². The fraction of sp³-hybridized carbons (Fsp3) is 0.429. The zero-order valence-corrected chi connectivity index (χ0v) is 19.6. The van der Waals surface area contributed by atoms with Crippen LogP contribution in [0.4, 0.5) is 0 Å². The zero-order valence-electron chi connectivity index (χ0n) is 19.6. The van der Waals surface area contributed by atoms with Gasteiger partial charge in [0.05, 0.1) is 38.6 Å². The van der Waals surface area contributed by atoms with Crippen molar-refractivity contribution < 1.29 is 34.3 Å². The van der Waals surface area contributed by atoms with Gasteiger partial charge in [-0.3, -0.25) is 0 Å². The van der Waals surface area contributed by atoms with E-state index in [1.54, 1.807) is 31.4 Å². The Hall–Kier alpha value is -3.16. The molecule has 0 aromatic heterocycles. The van der Waals surface area contributed by atoms with Crippen LogP contribution < -0.4 is 18.9 Å². The van der Waals surface area contributed by atoms with Crippen LogP contribution in [0.2, 0.25) is 0 Å². The molecule has 35 heavy (non-hydrogen) atoms. The van der Waals surface area contributed by atoms with E-state index in [1.807, 2.05) is 18.2 Å². The van der Waals surface area contributed by atoms with Crippen LogP contribution >= 0.6 is 0 Å². The van der Waals surface area contributed by atoms with Crippen LogP contribution in [0.5, 0.6) is 28.7 Å². The van der Waals surface area contributed by atoms with E-state index in [9.17, 15) is 15.3 Å². The van der Waals surface area contributed by atoms with Crippen LogP contribution in [0.1, 0.15) is 49.0 Å². The number of benzene rings is 3. The molecule has 0 spiro atoms. The summed E-state index contributed by atoms with van der Waals surface area (Å²) in [7, 11) is 1.56. The molecule has 0 bridgehead atoms. The van der Waals surface area contributed by atoms with Gasteiger partial charge < -0.3 is 34.3 Å². The molecule has 184 valence electrons. The Morgan fingerprint density at radius 1 is 0.829 bits per heavy atom. The van der Waals surface area contributed by atoms with Gasteiger partial charge in [0.25, 0.3) is 0 Å². The molecule has 1 fully saturated rings. The number of phenols is 1. The van der Waals surface area contributed by atoms with Gasteiger partial charge >= 0.3 is 0 Å². The normalized spacial score (nSPS) is 25.9. The number of methoxy groups -OCH3 is 1. The molecular formula is C28H30O7. The van der Waals surface area contributed by atoms with Crippen molar-refractivity contribution in [3.05, 3.63) is 53.6 Å². The van der Waals surface area contributed by atoms with E-state index >= 15 is 0 Å². The van der Waals surface area contributed by atoms with Crippen molar-refractivity contribution in [2.24, 2.45) is 11.8 Å². The predicted octanol–water partition coefficient (Wildman–Crippen LogP) is 4.66. The van der Waals surface area contributed by atoms with Crippen molar-refractivity contribution in [2.75, 3.05) is 20.3 Å². The molecule has 0 unspecified atom stereocenters. The van der Waals surface area contributed by atoms with Crippen LogP contribution in [0.3, 0.4) is 0 Å². The fourth-order valence-corrected chi connectivity index (χ4v) is 5.81. The molecule has 1 saturated carbocycles. The summed E-state index contributed by atoms with van der Waals surface area (Å²) in [5.74, 6) is 1.87. The molecule has 0 radical (unpaired) electrons. The lowest BCUT2D eigenvalue weighted by atomic mass is 9.77. The maximum Gasteiger partial charge on any atom is 0.133 e. The Bertz CT molecular complexity index is 1250. The van der Waals surface area contributed by atoms with Gasteiger partial charge in [-0.2, -0.15) is 0 Å². The van der Waals surface area contributed by atoms with E-state index in [0.29, 0.717) is 33.8 Å². The third-order valence-corrected chi connectivity index (χ3v) is 7.72. The van der Waals surface area contributed by atoms with Crippen LogP contribution in [0, 0.1) is 11.8 Å². The minimum atomic E-state index is -0.881. The van der Waals surface area contributed by atoms with Gasteiger partial charge in [0, 0.05) is 33.7 Å². The molecule has 4 atom stereocenters. The SMILES string of the molecule is COc1cc2c(c3ccc(O)cc13)OC[C@@H]([C@H]1COc3ccc(OC4CCCC4)cc3[C@H]1O)[C@H]2O. The smallest absolute Gasteiger partial charge is 0.133 e. The maximum atomic E-state index is 11.4. The number of aromatic hydroxyl groups is 1. The number of fused-ring (bicyclic) bond motifs is 4. The minimum Gasteiger partial charge on any atom is -0.508 e. The summed E-state index contributed by atoms with van der Waals surface area (Å²) in [5.41, 5.74) is 1.29. The fourth-order valence-electron chi connectivity index (χ4n) is 5.81. The molecule has 6 rings (SSSR count). The standard InChI is InChI=1S/C28H30O7/c1-32-25-12-21-27(31)23(14-34-28(21)18-8-6-15(29)10-19(18)25)22-13-33-24-9-7-17(11-20(24)26(22)30)35-16-4-2-3-5-16/h6-12,16,22-23,26-27,29-31H,2-5,13-14H2,1H3/t22-,23+,26-,27+/m1/s1. The first-order valence-corrected chi connectivity index (χ1v) is 12.3. The van der Waals surface area contributed by atoms with Gasteiger partial charge in [-0.25, -0.2) is 0 Å². The van der Waals surface area contributed by atoms with Crippen LogP contribution in [0.15, 0.2) is 42.5 Å². The molecule has 3 aromatic rings. The van der Waals surface area contributed by atoms with E-state index in [0.717, 1.165) is 24.0 Å². The highest BCUT2D eigenvalue weighted by Gasteiger charge is 2.43. The molecule has 7 nitrogen and oxygen atoms in total. The first-order chi connectivity index (χ1) is 17.0. The molecule has 3 aromatic carbocycles. The van der Waals surface area contributed by atoms with Crippen molar-refractivity contribution in [3.8, 4) is 28.7 Å². The Morgan fingerprint density at radius 2 is 1.57 bits per heavy atom. The monoisotopic (exact) mass is 478 g/mol. The van der Waals surface area contributed by atoms with Gasteiger partial charge in [0.15, 0.2) is 0 Å². The number of hydrogen-bond donors (Lipinski definition) is 3. The lowest BCUT2D eigenvalue weighted by Gasteiger charge is -2.40. The molecule has 0 amide bonds. The first kappa shape index (κ1) is 22.3. The highest BCUT2D eigenvalue weighted by atomic mass is 16.5. The van der Waals surface area contributed by atoms with E-state index in [2.05, 4.69) is 0 Å². The summed E-state index contributed by atoms with van der Waals surface area (Å²) in [6.07, 6.45) is 3.01. The van der Waals surface area contributed by atoms with Crippen molar-refractivity contribution in [1.82, 2.24) is 0 Å². The second kappa shape index (κ2) is 8.81. The first-order valence-electron chi connectivity index (χ1n) is 12.3. The predicted molar refractivity (Wildman–Crippen MR) is 129 cm³/mol. The van der Waals surface area contributed by atoms with Crippen molar-refractivity contribution in [2.45, 2.75) is 44.0 Å². The van der Waals surface area contributed by atoms with Crippen molar-refractivity contribution in [3.63, 3.8) is 0 Å². The zero-order chi connectivity index (χ0) is 24.1. The second-order valence-corrected chi connectivity index (χ2v) is 9.79. The molecule has 7 heteroatoms. The maximum absolute atomic E-state index is 11.4. The summed E-state index contributed by atoms with van der Waals surface area (Å²) in [4.78, 5) is 0. The van der Waals surface area contributed by atoms with Crippen molar-refractivity contribution in [1.29, 1.82) is 0 Å². The summed E-state index contributed by atoms with van der Waals surface area (Å²) in [5, 5.41) is 34.2. The number of aliphatic hydroxyl groups is 2.